The molecule has 1 heterocycles. The molecule has 1 rings (SSSR count). The number of epoxide rings is 1. The number of ether oxygens (including phenoxy) is 2. The second-order valence-corrected chi connectivity index (χ2v) is 5.50. The third-order valence-electron chi connectivity index (χ3n) is 2.63. The molecule has 0 aromatic heterocycles. The summed E-state index contributed by atoms with van der Waals surface area (Å²) < 4.78 is 10.8. The molecule has 0 amide bonds. The normalized spacial score (nSPS) is 26.0. The molecule has 2 atom stereocenters. The molecule has 90 valence electrons. The largest absolute Gasteiger partial charge is 0.349 e. The minimum absolute atomic E-state index is 0.0228. The maximum atomic E-state index is 5.41. The van der Waals surface area contributed by atoms with E-state index >= 15 is 0 Å². The van der Waals surface area contributed by atoms with Gasteiger partial charge < -0.3 is 9.47 Å². The second kappa shape index (κ2) is 5.28. The Hall–Kier alpha value is -0.120. The summed E-state index contributed by atoms with van der Waals surface area (Å²) >= 11 is 0. The summed E-state index contributed by atoms with van der Waals surface area (Å²) in [4.78, 5) is 2.24. The van der Waals surface area contributed by atoms with Crippen LogP contribution >= 0.6 is 0 Å². The van der Waals surface area contributed by atoms with E-state index in [9.17, 15) is 0 Å². The highest BCUT2D eigenvalue weighted by Crippen LogP contribution is 2.27. The van der Waals surface area contributed by atoms with E-state index in [0.29, 0.717) is 5.41 Å². The molecular formula is C12H25NO2. The molecular weight excluding hydrogens is 190 g/mol. The van der Waals surface area contributed by atoms with Gasteiger partial charge in [-0.2, -0.15) is 0 Å². The highest BCUT2D eigenvalue weighted by atomic mass is 16.8. The van der Waals surface area contributed by atoms with Gasteiger partial charge in [0, 0.05) is 13.2 Å². The van der Waals surface area contributed by atoms with Crippen LogP contribution in [0.25, 0.3) is 0 Å². The maximum absolute atomic E-state index is 5.41. The summed E-state index contributed by atoms with van der Waals surface area (Å²) in [6.45, 7) is 10.7. The number of hydrogen-bond donors (Lipinski definition) is 0. The van der Waals surface area contributed by atoms with Gasteiger partial charge in [0.25, 0.3) is 0 Å². The lowest BCUT2D eigenvalue weighted by atomic mass is 9.90. The van der Waals surface area contributed by atoms with Crippen LogP contribution in [0.15, 0.2) is 0 Å². The third kappa shape index (κ3) is 4.96. The smallest absolute Gasteiger partial charge is 0.199 e. The summed E-state index contributed by atoms with van der Waals surface area (Å²) in [6, 6.07) is 0. The van der Waals surface area contributed by atoms with Gasteiger partial charge in [0.15, 0.2) is 12.5 Å². The summed E-state index contributed by atoms with van der Waals surface area (Å²) in [5.41, 5.74) is 0.435. The van der Waals surface area contributed by atoms with Gasteiger partial charge in [-0.25, -0.2) is 0 Å². The number of hydrogen-bond acceptors (Lipinski definition) is 3. The average Bonchev–Trinajstić information content (AvgIpc) is 2.82. The highest BCUT2D eigenvalue weighted by Gasteiger charge is 2.42. The molecule has 15 heavy (non-hydrogen) atoms. The van der Waals surface area contributed by atoms with Crippen molar-refractivity contribution in [3.63, 3.8) is 0 Å². The zero-order valence-electron chi connectivity index (χ0n) is 10.7. The van der Waals surface area contributed by atoms with Crippen LogP contribution in [0.4, 0.5) is 0 Å². The van der Waals surface area contributed by atoms with Gasteiger partial charge >= 0.3 is 0 Å². The molecule has 2 unspecified atom stereocenters. The Morgan fingerprint density at radius 3 is 2.53 bits per heavy atom. The molecule has 0 spiro atoms. The number of nitrogens with zero attached hydrogens (tertiary/aromatic N) is 1. The first-order valence-corrected chi connectivity index (χ1v) is 5.91. The van der Waals surface area contributed by atoms with Crippen LogP contribution in [0.3, 0.4) is 0 Å². The standard InChI is InChI=1S/C12H25NO2/c1-6-14-11-10(15-11)13(5)9-7-8-12(2,3)4/h10-11H,6-9H2,1-5H3. The fraction of sp³-hybridized carbons (Fsp3) is 1.00. The van der Waals surface area contributed by atoms with Crippen molar-refractivity contribution in [3.05, 3.63) is 0 Å². The molecule has 0 N–H and O–H groups in total. The SMILES string of the molecule is CCOC1OC1N(C)CCCC(C)(C)C. The molecule has 0 aromatic rings. The predicted molar refractivity (Wildman–Crippen MR) is 61.6 cm³/mol. The Labute approximate surface area is 93.7 Å². The summed E-state index contributed by atoms with van der Waals surface area (Å²) in [7, 11) is 2.10. The minimum atomic E-state index is 0.0228. The van der Waals surface area contributed by atoms with Gasteiger partial charge in [-0.05, 0) is 32.2 Å². The van der Waals surface area contributed by atoms with E-state index in [1.165, 1.54) is 12.8 Å². The summed E-state index contributed by atoms with van der Waals surface area (Å²) in [6.07, 6.45) is 2.70. The third-order valence-corrected chi connectivity index (χ3v) is 2.63. The van der Waals surface area contributed by atoms with Crippen molar-refractivity contribution in [2.75, 3.05) is 20.2 Å². The average molecular weight is 215 g/mol. The van der Waals surface area contributed by atoms with Crippen LogP contribution in [0, 0.1) is 5.41 Å². The van der Waals surface area contributed by atoms with Crippen molar-refractivity contribution < 1.29 is 9.47 Å². The van der Waals surface area contributed by atoms with Gasteiger partial charge in [-0.1, -0.05) is 20.8 Å². The molecule has 0 radical (unpaired) electrons. The Morgan fingerprint density at radius 2 is 2.00 bits per heavy atom. The molecule has 0 bridgehead atoms. The topological polar surface area (TPSA) is 25.0 Å². The van der Waals surface area contributed by atoms with Crippen molar-refractivity contribution in [2.24, 2.45) is 5.41 Å². The fourth-order valence-corrected chi connectivity index (χ4v) is 1.68. The first-order chi connectivity index (χ1) is 6.94. The zero-order valence-corrected chi connectivity index (χ0v) is 10.7. The summed E-state index contributed by atoms with van der Waals surface area (Å²) in [5.74, 6) is 0. The van der Waals surface area contributed by atoms with Crippen molar-refractivity contribution >= 4 is 0 Å². The molecule has 1 aliphatic heterocycles. The second-order valence-electron chi connectivity index (χ2n) is 5.50. The number of rotatable bonds is 6. The van der Waals surface area contributed by atoms with Crippen LogP contribution < -0.4 is 0 Å². The van der Waals surface area contributed by atoms with Crippen molar-refractivity contribution in [1.82, 2.24) is 4.90 Å². The van der Waals surface area contributed by atoms with E-state index in [4.69, 9.17) is 9.47 Å². The van der Waals surface area contributed by atoms with E-state index in [1.807, 2.05) is 6.92 Å². The Kier molecular flexibility index (Phi) is 4.56. The van der Waals surface area contributed by atoms with E-state index in [0.717, 1.165) is 13.2 Å². The van der Waals surface area contributed by atoms with Crippen molar-refractivity contribution in [2.45, 2.75) is 53.1 Å². The Bertz CT molecular complexity index is 189. The predicted octanol–water partition coefficient (Wildman–Crippen LogP) is 2.46. The molecule has 1 aliphatic rings. The Balaban J connectivity index is 2.08. The summed E-state index contributed by atoms with van der Waals surface area (Å²) in [5, 5.41) is 0. The quantitative estimate of drug-likeness (QED) is 0.636. The van der Waals surface area contributed by atoms with E-state index in [2.05, 4.69) is 32.7 Å². The van der Waals surface area contributed by atoms with Crippen molar-refractivity contribution in [1.29, 1.82) is 0 Å². The zero-order chi connectivity index (χ0) is 11.5. The van der Waals surface area contributed by atoms with Crippen molar-refractivity contribution in [3.8, 4) is 0 Å². The fourth-order valence-electron chi connectivity index (χ4n) is 1.68. The maximum Gasteiger partial charge on any atom is 0.199 e. The first-order valence-electron chi connectivity index (χ1n) is 5.91. The highest BCUT2D eigenvalue weighted by molar-refractivity contribution is 4.76. The molecule has 3 heteroatoms. The molecule has 0 aliphatic carbocycles. The van der Waals surface area contributed by atoms with Gasteiger partial charge in [0.05, 0.1) is 0 Å². The minimum Gasteiger partial charge on any atom is -0.349 e. The Morgan fingerprint density at radius 1 is 1.33 bits per heavy atom. The van der Waals surface area contributed by atoms with Crippen LogP contribution in [0.1, 0.15) is 40.5 Å². The monoisotopic (exact) mass is 215 g/mol. The van der Waals surface area contributed by atoms with Crippen LogP contribution in [0.2, 0.25) is 0 Å². The van der Waals surface area contributed by atoms with E-state index in [-0.39, 0.29) is 12.5 Å². The lowest BCUT2D eigenvalue weighted by Gasteiger charge is -2.20. The van der Waals surface area contributed by atoms with E-state index < -0.39 is 0 Å². The van der Waals surface area contributed by atoms with Crippen LogP contribution in [0.5, 0.6) is 0 Å². The van der Waals surface area contributed by atoms with Crippen LogP contribution in [-0.2, 0) is 9.47 Å². The molecule has 3 nitrogen and oxygen atoms in total. The van der Waals surface area contributed by atoms with E-state index in [1.54, 1.807) is 0 Å². The molecule has 1 fully saturated rings. The molecule has 0 aromatic carbocycles. The molecule has 0 saturated carbocycles. The lowest BCUT2D eigenvalue weighted by Crippen LogP contribution is -2.26. The number of likely N-dealkylation sites (N-methyl/N-ethyl adjacent to an activating group) is 1. The first kappa shape index (κ1) is 12.9. The van der Waals surface area contributed by atoms with Crippen LogP contribution in [-0.4, -0.2) is 37.6 Å². The van der Waals surface area contributed by atoms with Gasteiger partial charge in [0.2, 0.25) is 0 Å². The van der Waals surface area contributed by atoms with Gasteiger partial charge in [0.1, 0.15) is 0 Å². The van der Waals surface area contributed by atoms with Gasteiger partial charge in [-0.15, -0.1) is 0 Å². The van der Waals surface area contributed by atoms with Gasteiger partial charge in [-0.3, -0.25) is 4.90 Å². The lowest BCUT2D eigenvalue weighted by molar-refractivity contribution is 0.0592. The molecule has 1 saturated heterocycles.